The van der Waals surface area contributed by atoms with Gasteiger partial charge in [-0.25, -0.2) is 9.97 Å². The van der Waals surface area contributed by atoms with E-state index in [9.17, 15) is 18.0 Å². The van der Waals surface area contributed by atoms with E-state index >= 15 is 0 Å². The third kappa shape index (κ3) is 4.10. The minimum Gasteiger partial charge on any atom is -0.383 e. The lowest BCUT2D eigenvalue weighted by molar-refractivity contribution is -0.137. The van der Waals surface area contributed by atoms with Crippen molar-refractivity contribution < 1.29 is 22.7 Å². The molecule has 2 N–H and O–H groups in total. The maximum Gasteiger partial charge on any atom is 0.417 e. The van der Waals surface area contributed by atoms with Crippen molar-refractivity contribution in [1.82, 2.24) is 19.9 Å². The SMILES string of the molecule is CCCN(Cc1ccc(C(F)(F)F)cn1)C(=O)c1cc2c3c(c(N)nc2cn1)[C@@H](C)OC3. The summed E-state index contributed by atoms with van der Waals surface area (Å²) in [5.41, 5.74) is 8.09. The first-order chi connectivity index (χ1) is 15.2. The molecular formula is C22H22F3N5O2. The standard InChI is InChI=1S/C22H22F3N5O2/c1-3-6-30(10-14-5-4-13(8-27-14)22(23,24)25)21(31)17-7-15-16-11-32-12(2)19(16)20(26)29-18(15)9-28-17/h4-5,7-9,12H,3,6,10-11H2,1-2H3,(H2,26,29)/t12-/m1/s1. The normalized spacial score (nSPS) is 15.7. The number of nitrogens with zero attached hydrogens (tertiary/aromatic N) is 4. The summed E-state index contributed by atoms with van der Waals surface area (Å²) in [6.07, 6.45) is -1.70. The Morgan fingerprint density at radius 3 is 2.72 bits per heavy atom. The monoisotopic (exact) mass is 445 g/mol. The number of pyridine rings is 3. The molecule has 0 aromatic carbocycles. The lowest BCUT2D eigenvalue weighted by Gasteiger charge is -2.22. The summed E-state index contributed by atoms with van der Waals surface area (Å²) in [7, 11) is 0. The number of alkyl halides is 3. The van der Waals surface area contributed by atoms with E-state index in [1.807, 2.05) is 13.8 Å². The van der Waals surface area contributed by atoms with Crippen molar-refractivity contribution >= 4 is 22.6 Å². The van der Waals surface area contributed by atoms with E-state index in [1.165, 1.54) is 17.2 Å². The molecule has 0 spiro atoms. The number of nitrogens with two attached hydrogens (primary N) is 1. The van der Waals surface area contributed by atoms with Crippen LogP contribution >= 0.6 is 0 Å². The van der Waals surface area contributed by atoms with Gasteiger partial charge in [-0.1, -0.05) is 6.92 Å². The van der Waals surface area contributed by atoms with Crippen LogP contribution in [0.2, 0.25) is 0 Å². The van der Waals surface area contributed by atoms with Crippen LogP contribution in [0, 0.1) is 0 Å². The van der Waals surface area contributed by atoms with Gasteiger partial charge in [-0.3, -0.25) is 9.78 Å². The molecule has 0 radical (unpaired) electrons. The van der Waals surface area contributed by atoms with Crippen LogP contribution in [-0.2, 0) is 24.1 Å². The molecule has 3 aromatic heterocycles. The number of ether oxygens (including phenoxy) is 1. The maximum atomic E-state index is 13.2. The number of carbonyl (C=O) groups excluding carboxylic acids is 1. The van der Waals surface area contributed by atoms with Gasteiger partial charge in [0, 0.05) is 23.7 Å². The molecule has 0 saturated heterocycles. The van der Waals surface area contributed by atoms with E-state index in [0.29, 0.717) is 36.6 Å². The first kappa shape index (κ1) is 21.9. The molecule has 1 amide bonds. The molecule has 168 valence electrons. The van der Waals surface area contributed by atoms with Crippen LogP contribution in [-0.4, -0.2) is 32.3 Å². The summed E-state index contributed by atoms with van der Waals surface area (Å²) in [6, 6.07) is 3.92. The number of amides is 1. The smallest absolute Gasteiger partial charge is 0.383 e. The number of halogens is 3. The van der Waals surface area contributed by atoms with Gasteiger partial charge in [0.05, 0.1) is 42.2 Å². The molecular weight excluding hydrogens is 423 g/mol. The van der Waals surface area contributed by atoms with Gasteiger partial charge in [0.15, 0.2) is 0 Å². The van der Waals surface area contributed by atoms with Crippen molar-refractivity contribution in [3.8, 4) is 0 Å². The zero-order chi connectivity index (χ0) is 23.0. The molecule has 1 aliphatic rings. The molecule has 0 fully saturated rings. The molecule has 7 nitrogen and oxygen atoms in total. The molecule has 10 heteroatoms. The topological polar surface area (TPSA) is 94.2 Å². The van der Waals surface area contributed by atoms with E-state index in [2.05, 4.69) is 15.0 Å². The summed E-state index contributed by atoms with van der Waals surface area (Å²) >= 11 is 0. The summed E-state index contributed by atoms with van der Waals surface area (Å²) < 4.78 is 44.1. The fourth-order valence-electron chi connectivity index (χ4n) is 3.85. The molecule has 0 aliphatic carbocycles. The maximum absolute atomic E-state index is 13.2. The van der Waals surface area contributed by atoms with Gasteiger partial charge in [-0.15, -0.1) is 0 Å². The fraction of sp³-hybridized carbons (Fsp3) is 0.364. The molecule has 0 saturated carbocycles. The van der Waals surface area contributed by atoms with E-state index < -0.39 is 11.7 Å². The quantitative estimate of drug-likeness (QED) is 0.630. The summed E-state index contributed by atoms with van der Waals surface area (Å²) in [5, 5.41) is 0.751. The molecule has 4 heterocycles. The van der Waals surface area contributed by atoms with Crippen molar-refractivity contribution in [2.75, 3.05) is 12.3 Å². The van der Waals surface area contributed by atoms with Gasteiger partial charge >= 0.3 is 6.18 Å². The third-order valence-corrected chi connectivity index (χ3v) is 5.44. The summed E-state index contributed by atoms with van der Waals surface area (Å²) in [4.78, 5) is 27.3. The number of fused-ring (bicyclic) bond motifs is 3. The Morgan fingerprint density at radius 2 is 2.06 bits per heavy atom. The predicted octanol–water partition coefficient (Wildman–Crippen LogP) is 4.27. The third-order valence-electron chi connectivity index (χ3n) is 5.44. The van der Waals surface area contributed by atoms with E-state index in [-0.39, 0.29) is 24.2 Å². The first-order valence-corrected chi connectivity index (χ1v) is 10.2. The number of anilines is 1. The second-order valence-electron chi connectivity index (χ2n) is 7.69. The molecule has 1 aliphatic heterocycles. The number of hydrogen-bond donors (Lipinski definition) is 1. The van der Waals surface area contributed by atoms with Gasteiger partial charge in [-0.05, 0) is 37.1 Å². The van der Waals surface area contributed by atoms with Crippen molar-refractivity contribution in [1.29, 1.82) is 0 Å². The summed E-state index contributed by atoms with van der Waals surface area (Å²) in [5.74, 6) is 0.0485. The molecule has 4 rings (SSSR count). The predicted molar refractivity (Wildman–Crippen MR) is 111 cm³/mol. The highest BCUT2D eigenvalue weighted by atomic mass is 19.4. The molecule has 0 unspecified atom stereocenters. The van der Waals surface area contributed by atoms with Crippen LogP contribution in [0.3, 0.4) is 0 Å². The van der Waals surface area contributed by atoms with Crippen molar-refractivity contribution in [2.24, 2.45) is 0 Å². The summed E-state index contributed by atoms with van der Waals surface area (Å²) in [6.45, 7) is 4.64. The lowest BCUT2D eigenvalue weighted by Crippen LogP contribution is -2.32. The van der Waals surface area contributed by atoms with Crippen LogP contribution < -0.4 is 5.73 Å². The average molecular weight is 445 g/mol. The molecule has 1 atom stereocenters. The van der Waals surface area contributed by atoms with Gasteiger partial charge in [0.25, 0.3) is 5.91 Å². The van der Waals surface area contributed by atoms with E-state index in [1.54, 1.807) is 6.07 Å². The Balaban J connectivity index is 1.64. The second kappa shape index (κ2) is 8.34. The minimum absolute atomic E-state index is 0.0722. The van der Waals surface area contributed by atoms with Crippen molar-refractivity contribution in [3.05, 3.63) is 58.7 Å². The molecule has 32 heavy (non-hydrogen) atoms. The van der Waals surface area contributed by atoms with Crippen LogP contribution in [0.25, 0.3) is 10.9 Å². The largest absolute Gasteiger partial charge is 0.417 e. The minimum atomic E-state index is -4.46. The Kier molecular flexibility index (Phi) is 5.72. The van der Waals surface area contributed by atoms with Crippen LogP contribution in [0.1, 0.15) is 59.2 Å². The highest BCUT2D eigenvalue weighted by molar-refractivity contribution is 5.97. The van der Waals surface area contributed by atoms with Crippen LogP contribution in [0.15, 0.2) is 30.6 Å². The zero-order valence-electron chi connectivity index (χ0n) is 17.6. The molecule has 0 bridgehead atoms. The number of hydrogen-bond acceptors (Lipinski definition) is 6. The number of nitrogen functional groups attached to an aromatic ring is 1. The lowest BCUT2D eigenvalue weighted by atomic mass is 10.0. The highest BCUT2D eigenvalue weighted by Crippen LogP contribution is 2.38. The van der Waals surface area contributed by atoms with Gasteiger partial charge in [0.2, 0.25) is 0 Å². The Bertz CT molecular complexity index is 1160. The van der Waals surface area contributed by atoms with Gasteiger partial charge in [0.1, 0.15) is 11.5 Å². The Hall–Kier alpha value is -3.27. The van der Waals surface area contributed by atoms with Gasteiger partial charge in [-0.2, -0.15) is 13.2 Å². The Morgan fingerprint density at radius 1 is 1.28 bits per heavy atom. The first-order valence-electron chi connectivity index (χ1n) is 10.2. The van der Waals surface area contributed by atoms with Crippen molar-refractivity contribution in [2.45, 2.75) is 45.7 Å². The second-order valence-corrected chi connectivity index (χ2v) is 7.69. The highest BCUT2D eigenvalue weighted by Gasteiger charge is 2.31. The van der Waals surface area contributed by atoms with E-state index in [4.69, 9.17) is 10.5 Å². The van der Waals surface area contributed by atoms with Crippen molar-refractivity contribution in [3.63, 3.8) is 0 Å². The molecule has 3 aromatic rings. The van der Waals surface area contributed by atoms with Crippen LogP contribution in [0.5, 0.6) is 0 Å². The average Bonchev–Trinajstić information content (AvgIpc) is 3.15. The number of carbonyl (C=O) groups is 1. The fourth-order valence-corrected chi connectivity index (χ4v) is 3.85. The van der Waals surface area contributed by atoms with E-state index in [0.717, 1.165) is 28.8 Å². The Labute approximate surface area is 182 Å². The zero-order valence-corrected chi connectivity index (χ0v) is 17.6. The number of rotatable bonds is 5. The van der Waals surface area contributed by atoms with Gasteiger partial charge < -0.3 is 15.4 Å². The number of aromatic nitrogens is 3. The van der Waals surface area contributed by atoms with Crippen LogP contribution in [0.4, 0.5) is 19.0 Å².